The zero-order valence-electron chi connectivity index (χ0n) is 13.0. The summed E-state index contributed by atoms with van der Waals surface area (Å²) in [5.74, 6) is -1.69. The van der Waals surface area contributed by atoms with E-state index in [1.807, 2.05) is 18.2 Å². The minimum absolute atomic E-state index is 0.201. The molecule has 24 heavy (non-hydrogen) atoms. The highest BCUT2D eigenvalue weighted by molar-refractivity contribution is 5.78. The molecule has 0 amide bonds. The van der Waals surface area contributed by atoms with Crippen LogP contribution >= 0.6 is 0 Å². The summed E-state index contributed by atoms with van der Waals surface area (Å²) in [7, 11) is 0. The van der Waals surface area contributed by atoms with Crippen molar-refractivity contribution in [2.45, 2.75) is 12.8 Å². The number of ether oxygens (including phenoxy) is 1. The van der Waals surface area contributed by atoms with Gasteiger partial charge in [0, 0.05) is 5.56 Å². The number of halogens is 1. The molecule has 6 nitrogen and oxygen atoms in total. The van der Waals surface area contributed by atoms with Crippen molar-refractivity contribution < 1.29 is 29.1 Å². The zero-order chi connectivity index (χ0) is 17.5. The van der Waals surface area contributed by atoms with E-state index in [1.165, 1.54) is 6.07 Å². The first kappa shape index (κ1) is 17.4. The molecule has 0 saturated carbocycles. The van der Waals surface area contributed by atoms with E-state index >= 15 is 0 Å². The molecule has 0 fully saturated rings. The maximum absolute atomic E-state index is 14.3. The predicted octanol–water partition coefficient (Wildman–Crippen LogP) is 3.24. The van der Waals surface area contributed by atoms with Crippen LogP contribution in [-0.2, 0) is 14.4 Å². The van der Waals surface area contributed by atoms with Crippen molar-refractivity contribution in [2.24, 2.45) is 0 Å². The molecule has 0 spiro atoms. The minimum atomic E-state index is -0.713. The molecule has 126 valence electrons. The molecular formula is C17H17FNO5+. The molecule has 0 aliphatic heterocycles. The molecule has 0 heterocycles. The molecular weight excluding hydrogens is 317 g/mol. The first-order valence-corrected chi connectivity index (χ1v) is 7.29. The normalized spacial score (nSPS) is 11.6. The topological polar surface area (TPSA) is 75.8 Å². The van der Waals surface area contributed by atoms with Crippen molar-refractivity contribution >= 4 is 5.97 Å². The van der Waals surface area contributed by atoms with Gasteiger partial charge in [0.15, 0.2) is 0 Å². The van der Waals surface area contributed by atoms with Crippen molar-refractivity contribution in [3.63, 3.8) is 0 Å². The van der Waals surface area contributed by atoms with Crippen molar-refractivity contribution in [1.29, 1.82) is 0 Å². The molecule has 0 aliphatic rings. The fraction of sp³-hybridized carbons (Fsp3) is 0.235. The van der Waals surface area contributed by atoms with Gasteiger partial charge in [-0.15, -0.1) is 0 Å². The molecule has 1 atom stereocenters. The maximum Gasteiger partial charge on any atom is 0.475 e. The second kappa shape index (κ2) is 8.05. The van der Waals surface area contributed by atoms with Crippen LogP contribution in [0.5, 0.6) is 0 Å². The van der Waals surface area contributed by atoms with Gasteiger partial charge in [0.1, 0.15) is 17.3 Å². The lowest BCUT2D eigenvalue weighted by molar-refractivity contribution is -0.975. The fourth-order valence-corrected chi connectivity index (χ4v) is 2.17. The Kier molecular flexibility index (Phi) is 5.83. The van der Waals surface area contributed by atoms with E-state index in [4.69, 9.17) is 9.94 Å². The average Bonchev–Trinajstić information content (AvgIpc) is 2.58. The Morgan fingerprint density at radius 1 is 1.21 bits per heavy atom. The summed E-state index contributed by atoms with van der Waals surface area (Å²) in [6, 6.07) is 13.7. The summed E-state index contributed by atoms with van der Waals surface area (Å²) in [6.45, 7) is 1.11. The Labute approximate surface area is 137 Å². The predicted molar refractivity (Wildman–Crippen MR) is 82.6 cm³/mol. The molecule has 2 rings (SSSR count). The van der Waals surface area contributed by atoms with Gasteiger partial charge in [0.2, 0.25) is 6.61 Å². The van der Waals surface area contributed by atoms with E-state index in [1.54, 1.807) is 31.2 Å². The minimum Gasteiger partial charge on any atom is -0.461 e. The van der Waals surface area contributed by atoms with Crippen molar-refractivity contribution in [2.75, 3.05) is 13.2 Å². The number of nitrogens with zero attached hydrogens (tertiary/aromatic N) is 1. The van der Waals surface area contributed by atoms with Gasteiger partial charge in [-0.2, -0.15) is 4.84 Å². The molecule has 2 aromatic carbocycles. The standard InChI is InChI=1S/C17H17FNO5/c1-12(17(20)23-9-10-24-19(21)22)14-7-8-15(16(18)11-14)13-5-3-2-4-6-13/h2-8,11-12H,9-10H2,1H3,(H,21,22)/q+1. The Balaban J connectivity index is 2.02. The Morgan fingerprint density at radius 2 is 1.92 bits per heavy atom. The number of hydrogen-bond acceptors (Lipinski definition) is 4. The van der Waals surface area contributed by atoms with E-state index in [2.05, 4.69) is 4.84 Å². The van der Waals surface area contributed by atoms with Gasteiger partial charge in [-0.3, -0.25) is 4.79 Å². The number of hydrogen-bond donors (Lipinski definition) is 1. The quantitative estimate of drug-likeness (QED) is 0.478. The Morgan fingerprint density at radius 3 is 2.54 bits per heavy atom. The zero-order valence-corrected chi connectivity index (χ0v) is 13.0. The lowest BCUT2D eigenvalue weighted by Crippen LogP contribution is -2.18. The van der Waals surface area contributed by atoms with Crippen molar-refractivity contribution in [3.05, 3.63) is 64.8 Å². The van der Waals surface area contributed by atoms with Gasteiger partial charge in [-0.05, 0) is 24.1 Å². The van der Waals surface area contributed by atoms with Gasteiger partial charge >= 0.3 is 11.1 Å². The van der Waals surface area contributed by atoms with Crippen LogP contribution in [0.25, 0.3) is 11.1 Å². The number of benzene rings is 2. The van der Waals surface area contributed by atoms with Crippen LogP contribution in [-0.4, -0.2) is 29.5 Å². The van der Waals surface area contributed by atoms with Crippen LogP contribution in [0.15, 0.2) is 48.5 Å². The summed E-state index contributed by atoms with van der Waals surface area (Å²) in [5.41, 5.74) is 1.68. The molecule has 0 bridgehead atoms. The average molecular weight is 334 g/mol. The van der Waals surface area contributed by atoms with Crippen LogP contribution in [0.2, 0.25) is 0 Å². The highest BCUT2D eigenvalue weighted by atomic mass is 19.1. The summed E-state index contributed by atoms with van der Waals surface area (Å²) >= 11 is 0. The molecule has 0 aliphatic carbocycles. The first-order valence-electron chi connectivity index (χ1n) is 7.29. The highest BCUT2D eigenvalue weighted by Crippen LogP contribution is 2.26. The lowest BCUT2D eigenvalue weighted by Gasteiger charge is -2.12. The van der Waals surface area contributed by atoms with E-state index in [9.17, 15) is 14.1 Å². The van der Waals surface area contributed by atoms with Gasteiger partial charge in [-0.25, -0.2) is 9.60 Å². The highest BCUT2D eigenvalue weighted by Gasteiger charge is 2.19. The molecule has 0 radical (unpaired) electrons. The smallest absolute Gasteiger partial charge is 0.461 e. The van der Waals surface area contributed by atoms with Crippen LogP contribution < -0.4 is 0 Å². The van der Waals surface area contributed by atoms with Crippen LogP contribution in [0, 0.1) is 10.7 Å². The molecule has 1 N–H and O–H groups in total. The van der Waals surface area contributed by atoms with Crippen LogP contribution in [0.4, 0.5) is 4.39 Å². The summed E-state index contributed by atoms with van der Waals surface area (Å²) in [5, 5.41) is 7.52. The Hall–Kier alpha value is -2.96. The second-order valence-corrected chi connectivity index (χ2v) is 5.07. The fourth-order valence-electron chi connectivity index (χ4n) is 2.17. The van der Waals surface area contributed by atoms with Gasteiger partial charge in [0.25, 0.3) is 0 Å². The van der Waals surface area contributed by atoms with E-state index in [0.717, 1.165) is 5.56 Å². The lowest BCUT2D eigenvalue weighted by atomic mass is 9.97. The van der Waals surface area contributed by atoms with Gasteiger partial charge < -0.3 is 4.74 Å². The third-order valence-electron chi connectivity index (χ3n) is 3.46. The van der Waals surface area contributed by atoms with E-state index < -0.39 is 22.8 Å². The third kappa shape index (κ3) is 4.52. The monoisotopic (exact) mass is 334 g/mol. The summed E-state index contributed by atoms with van der Waals surface area (Å²) in [6.07, 6.45) is 0. The molecule has 0 aromatic heterocycles. The first-order chi connectivity index (χ1) is 11.5. The number of esters is 1. The molecule has 1 unspecified atom stereocenters. The SMILES string of the molecule is CC(C(=O)OCCO[N+](=O)O)c1ccc(-c2ccccc2)c(F)c1. The summed E-state index contributed by atoms with van der Waals surface area (Å²) < 4.78 is 19.2. The number of rotatable bonds is 7. The van der Waals surface area contributed by atoms with E-state index in [-0.39, 0.29) is 13.2 Å². The maximum atomic E-state index is 14.3. The molecule has 2 aromatic rings. The van der Waals surface area contributed by atoms with Crippen molar-refractivity contribution in [3.8, 4) is 11.1 Å². The number of carbonyl (C=O) groups is 1. The number of carbonyl (C=O) groups excluding carboxylic acids is 1. The van der Waals surface area contributed by atoms with Crippen molar-refractivity contribution in [1.82, 2.24) is 0 Å². The molecule has 7 heteroatoms. The second-order valence-electron chi connectivity index (χ2n) is 5.07. The van der Waals surface area contributed by atoms with Crippen LogP contribution in [0.1, 0.15) is 18.4 Å². The third-order valence-corrected chi connectivity index (χ3v) is 3.46. The van der Waals surface area contributed by atoms with Gasteiger partial charge in [-0.1, -0.05) is 42.5 Å². The van der Waals surface area contributed by atoms with Gasteiger partial charge in [0.05, 0.1) is 5.92 Å². The largest absolute Gasteiger partial charge is 0.475 e. The Bertz CT molecular complexity index is 720. The summed E-state index contributed by atoms with van der Waals surface area (Å²) in [4.78, 5) is 26.2. The molecule has 0 saturated heterocycles. The van der Waals surface area contributed by atoms with Crippen LogP contribution in [0.3, 0.4) is 0 Å². The van der Waals surface area contributed by atoms with E-state index in [0.29, 0.717) is 11.1 Å².